The number of hydrogen-bond donors (Lipinski definition) is 6. The molecule has 0 radical (unpaired) electrons. The summed E-state index contributed by atoms with van der Waals surface area (Å²) in [6.45, 7) is -1.45. The summed E-state index contributed by atoms with van der Waals surface area (Å²) in [7, 11) is 0. The molecular weight excluding hydrogens is 338 g/mol. The normalized spacial score (nSPS) is 15.8. The van der Waals surface area contributed by atoms with Crippen molar-refractivity contribution in [2.24, 2.45) is 0 Å². The van der Waals surface area contributed by atoms with Crippen LogP contribution in [0.25, 0.3) is 21.7 Å². The average molecular weight is 361 g/mol. The molecule has 0 spiro atoms. The minimum atomic E-state index is -1.67. The summed E-state index contributed by atoms with van der Waals surface area (Å²) in [6, 6.07) is 16.6. The Hall–Kier alpha value is -2.13. The monoisotopic (exact) mass is 361 g/mol. The van der Waals surface area contributed by atoms with E-state index >= 15 is 0 Å². The van der Waals surface area contributed by atoms with E-state index in [1.807, 2.05) is 24.4 Å². The first-order valence-electron chi connectivity index (χ1n) is 8.16. The van der Waals surface area contributed by atoms with Crippen LogP contribution in [0.2, 0.25) is 0 Å². The first-order valence-corrected chi connectivity index (χ1v) is 8.16. The smallest absolute Gasteiger partial charge is 0.111 e. The standard InChI is InChI=1S/C13H9N.C6H14O6/c1-2-6-11-10(5-1)9-14-13-8-4-3-7-12(11)13;7-1-3(9)5(11)6(12)4(10)2-8/h1-9H;3-12H,1-2H2. The molecule has 0 amide bonds. The van der Waals surface area contributed by atoms with Crippen LogP contribution in [0.4, 0.5) is 0 Å². The third-order valence-corrected chi connectivity index (χ3v) is 4.01. The van der Waals surface area contributed by atoms with Gasteiger partial charge in [-0.2, -0.15) is 0 Å². The fourth-order valence-corrected chi connectivity index (χ4v) is 2.48. The molecule has 1 aromatic heterocycles. The Morgan fingerprint density at radius 2 is 1.19 bits per heavy atom. The Kier molecular flexibility index (Phi) is 7.40. The highest BCUT2D eigenvalue weighted by atomic mass is 16.4. The molecule has 26 heavy (non-hydrogen) atoms. The molecule has 0 aliphatic rings. The molecule has 140 valence electrons. The van der Waals surface area contributed by atoms with Gasteiger partial charge >= 0.3 is 0 Å². The number of aromatic nitrogens is 1. The Morgan fingerprint density at radius 3 is 1.77 bits per heavy atom. The molecule has 0 saturated heterocycles. The van der Waals surface area contributed by atoms with Crippen LogP contribution in [0.15, 0.2) is 54.7 Å². The van der Waals surface area contributed by atoms with Gasteiger partial charge in [0, 0.05) is 17.0 Å². The predicted molar refractivity (Wildman–Crippen MR) is 97.4 cm³/mol. The SMILES string of the molecule is OCC(O)C(O)C(O)C(O)CO.c1ccc2c(c1)cnc1ccccc12. The molecule has 0 fully saturated rings. The Morgan fingerprint density at radius 1 is 0.692 bits per heavy atom. The van der Waals surface area contributed by atoms with Crippen LogP contribution in [-0.2, 0) is 0 Å². The van der Waals surface area contributed by atoms with Gasteiger partial charge in [0.1, 0.15) is 24.4 Å². The first kappa shape index (κ1) is 20.2. The minimum absolute atomic E-state index is 0.726. The Bertz CT molecular complexity index is 758. The molecule has 3 aromatic rings. The summed E-state index contributed by atoms with van der Waals surface area (Å²) in [5, 5.41) is 55.9. The summed E-state index contributed by atoms with van der Waals surface area (Å²) in [4.78, 5) is 4.41. The van der Waals surface area contributed by atoms with E-state index in [9.17, 15) is 0 Å². The van der Waals surface area contributed by atoms with Gasteiger partial charge in [-0.15, -0.1) is 0 Å². The largest absolute Gasteiger partial charge is 0.394 e. The van der Waals surface area contributed by atoms with Crippen LogP contribution in [-0.4, -0.2) is 73.3 Å². The number of nitrogens with zero attached hydrogens (tertiary/aromatic N) is 1. The van der Waals surface area contributed by atoms with Crippen LogP contribution in [0, 0.1) is 0 Å². The summed E-state index contributed by atoms with van der Waals surface area (Å²) in [6.07, 6.45) is -4.46. The molecule has 7 nitrogen and oxygen atoms in total. The number of hydrogen-bond acceptors (Lipinski definition) is 7. The number of aliphatic hydroxyl groups excluding tert-OH is 6. The molecule has 3 rings (SSSR count). The molecule has 0 bridgehead atoms. The van der Waals surface area contributed by atoms with Crippen molar-refractivity contribution in [3.8, 4) is 0 Å². The van der Waals surface area contributed by atoms with Gasteiger partial charge in [0.25, 0.3) is 0 Å². The number of benzene rings is 2. The van der Waals surface area contributed by atoms with Crippen molar-refractivity contribution in [1.29, 1.82) is 0 Å². The van der Waals surface area contributed by atoms with E-state index in [1.165, 1.54) is 16.2 Å². The highest BCUT2D eigenvalue weighted by Crippen LogP contribution is 2.22. The Balaban J connectivity index is 0.000000191. The van der Waals surface area contributed by atoms with Gasteiger partial charge in [-0.25, -0.2) is 0 Å². The Labute approximate surface area is 150 Å². The fraction of sp³-hybridized carbons (Fsp3) is 0.316. The zero-order valence-corrected chi connectivity index (χ0v) is 14.1. The highest BCUT2D eigenvalue weighted by molar-refractivity contribution is 6.05. The predicted octanol–water partition coefficient (Wildman–Crippen LogP) is -0.197. The molecule has 4 atom stereocenters. The molecule has 0 saturated carbocycles. The molecule has 6 N–H and O–H groups in total. The van der Waals surface area contributed by atoms with E-state index < -0.39 is 37.6 Å². The van der Waals surface area contributed by atoms with Crippen LogP contribution >= 0.6 is 0 Å². The molecule has 1 heterocycles. The second-order valence-electron chi connectivity index (χ2n) is 5.84. The second kappa shape index (κ2) is 9.54. The van der Waals surface area contributed by atoms with Crippen molar-refractivity contribution in [2.45, 2.75) is 24.4 Å². The second-order valence-corrected chi connectivity index (χ2v) is 5.84. The molecule has 4 unspecified atom stereocenters. The quantitative estimate of drug-likeness (QED) is 0.347. The van der Waals surface area contributed by atoms with Crippen molar-refractivity contribution in [1.82, 2.24) is 4.98 Å². The lowest BCUT2D eigenvalue weighted by atomic mass is 10.0. The van der Waals surface area contributed by atoms with Crippen molar-refractivity contribution in [3.05, 3.63) is 54.7 Å². The number of aliphatic hydroxyl groups is 6. The maximum atomic E-state index is 8.96. The van der Waals surface area contributed by atoms with Gasteiger partial charge in [-0.3, -0.25) is 4.98 Å². The lowest BCUT2D eigenvalue weighted by Crippen LogP contribution is -2.46. The van der Waals surface area contributed by atoms with Gasteiger partial charge < -0.3 is 30.6 Å². The van der Waals surface area contributed by atoms with E-state index in [4.69, 9.17) is 30.6 Å². The van der Waals surface area contributed by atoms with E-state index in [0.717, 1.165) is 5.52 Å². The topological polar surface area (TPSA) is 134 Å². The van der Waals surface area contributed by atoms with Crippen molar-refractivity contribution in [2.75, 3.05) is 13.2 Å². The van der Waals surface area contributed by atoms with Crippen LogP contribution in [0.3, 0.4) is 0 Å². The van der Waals surface area contributed by atoms with Gasteiger partial charge in [0.05, 0.1) is 18.7 Å². The maximum Gasteiger partial charge on any atom is 0.111 e. The summed E-state index contributed by atoms with van der Waals surface area (Å²) >= 11 is 0. The van der Waals surface area contributed by atoms with Gasteiger partial charge in [0.15, 0.2) is 0 Å². The van der Waals surface area contributed by atoms with E-state index in [2.05, 4.69) is 35.3 Å². The van der Waals surface area contributed by atoms with Crippen molar-refractivity contribution in [3.63, 3.8) is 0 Å². The number of para-hydroxylation sites is 1. The van der Waals surface area contributed by atoms with E-state index in [0.29, 0.717) is 0 Å². The van der Waals surface area contributed by atoms with Crippen molar-refractivity contribution >= 4 is 21.7 Å². The van der Waals surface area contributed by atoms with Crippen LogP contribution in [0.1, 0.15) is 0 Å². The molecule has 0 aliphatic heterocycles. The zero-order valence-electron chi connectivity index (χ0n) is 14.1. The maximum absolute atomic E-state index is 8.96. The minimum Gasteiger partial charge on any atom is -0.394 e. The van der Waals surface area contributed by atoms with Crippen LogP contribution < -0.4 is 0 Å². The van der Waals surface area contributed by atoms with Gasteiger partial charge in [0.2, 0.25) is 0 Å². The van der Waals surface area contributed by atoms with Gasteiger partial charge in [-0.05, 0) is 11.5 Å². The highest BCUT2D eigenvalue weighted by Gasteiger charge is 2.29. The molecular formula is C19H23NO6. The van der Waals surface area contributed by atoms with E-state index in [-0.39, 0.29) is 0 Å². The van der Waals surface area contributed by atoms with Crippen molar-refractivity contribution < 1.29 is 30.6 Å². The number of fused-ring (bicyclic) bond motifs is 3. The lowest BCUT2D eigenvalue weighted by Gasteiger charge is -2.24. The number of pyridine rings is 1. The summed E-state index contributed by atoms with van der Waals surface area (Å²) in [5.41, 5.74) is 1.06. The molecule has 7 heteroatoms. The van der Waals surface area contributed by atoms with Gasteiger partial charge in [-0.1, -0.05) is 42.5 Å². The summed E-state index contributed by atoms with van der Waals surface area (Å²) in [5.74, 6) is 0. The average Bonchev–Trinajstić information content (AvgIpc) is 2.71. The van der Waals surface area contributed by atoms with Crippen LogP contribution in [0.5, 0.6) is 0 Å². The third kappa shape index (κ3) is 4.73. The molecule has 0 aliphatic carbocycles. The molecule has 2 aromatic carbocycles. The number of rotatable bonds is 5. The summed E-state index contributed by atoms with van der Waals surface area (Å²) < 4.78 is 0. The lowest BCUT2D eigenvalue weighted by molar-refractivity contribution is -0.123. The van der Waals surface area contributed by atoms with E-state index in [1.54, 1.807) is 0 Å². The zero-order chi connectivity index (χ0) is 19.1. The third-order valence-electron chi connectivity index (χ3n) is 4.01. The first-order chi connectivity index (χ1) is 12.5. The fourth-order valence-electron chi connectivity index (χ4n) is 2.48.